The molecule has 0 unspecified atom stereocenters. The van der Waals surface area contributed by atoms with Crippen LogP contribution in [0.4, 0.5) is 0 Å². The second kappa shape index (κ2) is 14.1. The highest BCUT2D eigenvalue weighted by atomic mass is 127. The fourth-order valence-electron chi connectivity index (χ4n) is 1.77. The first-order valence-corrected chi connectivity index (χ1v) is 8.55. The maximum atomic E-state index is 4.59. The lowest BCUT2D eigenvalue weighted by Crippen LogP contribution is -2.38. The third-order valence-corrected chi connectivity index (χ3v) is 3.80. The smallest absolute Gasteiger partial charge is 0.191 e. The van der Waals surface area contributed by atoms with Crippen LogP contribution in [0.2, 0.25) is 0 Å². The molecule has 0 aliphatic heterocycles. The van der Waals surface area contributed by atoms with E-state index in [2.05, 4.69) is 65.8 Å². The number of aliphatic imine (C=N–C) groups is 1. The van der Waals surface area contributed by atoms with Gasteiger partial charge >= 0.3 is 0 Å². The minimum atomic E-state index is 0. The molecule has 6 heteroatoms. The van der Waals surface area contributed by atoms with E-state index in [1.807, 2.05) is 17.8 Å². The van der Waals surface area contributed by atoms with Crippen LogP contribution >= 0.6 is 35.7 Å². The third-order valence-electron chi connectivity index (χ3n) is 2.78. The van der Waals surface area contributed by atoms with Crippen LogP contribution in [0.5, 0.6) is 0 Å². The summed E-state index contributed by atoms with van der Waals surface area (Å²) >= 11 is 1.86. The molecule has 0 bridgehead atoms. The second-order valence-electron chi connectivity index (χ2n) is 5.01. The van der Waals surface area contributed by atoms with Gasteiger partial charge in [-0.25, -0.2) is 0 Å². The van der Waals surface area contributed by atoms with E-state index in [1.165, 1.54) is 4.90 Å². The van der Waals surface area contributed by atoms with E-state index >= 15 is 0 Å². The summed E-state index contributed by atoms with van der Waals surface area (Å²) in [6.07, 6.45) is 1.09. The van der Waals surface area contributed by atoms with Crippen LogP contribution in [-0.4, -0.2) is 56.9 Å². The quantitative estimate of drug-likeness (QED) is 0.205. The summed E-state index contributed by atoms with van der Waals surface area (Å²) in [4.78, 5) is 8.09. The first kappa shape index (κ1) is 21.5. The Bertz CT molecular complexity index is 398. The van der Waals surface area contributed by atoms with E-state index in [0.717, 1.165) is 44.3 Å². The molecular formula is C16H29IN4S. The van der Waals surface area contributed by atoms with Gasteiger partial charge in [0, 0.05) is 30.3 Å². The summed E-state index contributed by atoms with van der Waals surface area (Å²) < 4.78 is 0. The number of hydrogen-bond donors (Lipinski definition) is 2. The maximum absolute atomic E-state index is 4.59. The minimum Gasteiger partial charge on any atom is -0.357 e. The van der Waals surface area contributed by atoms with Gasteiger partial charge in [0.25, 0.3) is 0 Å². The van der Waals surface area contributed by atoms with Gasteiger partial charge in [0.05, 0.1) is 0 Å². The molecule has 0 radical (unpaired) electrons. The zero-order valence-corrected chi connectivity index (χ0v) is 17.0. The first-order valence-electron chi connectivity index (χ1n) is 7.57. The van der Waals surface area contributed by atoms with Crippen molar-refractivity contribution >= 4 is 41.7 Å². The lowest BCUT2D eigenvalue weighted by atomic mass is 10.4. The number of benzene rings is 1. The Morgan fingerprint density at radius 3 is 2.55 bits per heavy atom. The number of hydrogen-bond acceptors (Lipinski definition) is 3. The standard InChI is InChI=1S/C16H28N4S.HI/c1-4-17-16(18-11-8-13-20(2)3)19-12-14-21-15-9-6-5-7-10-15;/h5-7,9-10H,4,8,11-14H2,1-3H3,(H2,17,18,19);1H. The van der Waals surface area contributed by atoms with Gasteiger partial charge in [0.1, 0.15) is 0 Å². The molecule has 0 saturated carbocycles. The van der Waals surface area contributed by atoms with Crippen molar-refractivity contribution in [3.05, 3.63) is 30.3 Å². The number of halogens is 1. The van der Waals surface area contributed by atoms with E-state index in [1.54, 1.807) is 0 Å². The van der Waals surface area contributed by atoms with Crippen LogP contribution in [-0.2, 0) is 0 Å². The van der Waals surface area contributed by atoms with Gasteiger partial charge in [-0.1, -0.05) is 18.2 Å². The molecule has 0 saturated heterocycles. The van der Waals surface area contributed by atoms with Gasteiger partial charge in [-0.2, -0.15) is 0 Å². The van der Waals surface area contributed by atoms with Crippen LogP contribution < -0.4 is 10.6 Å². The van der Waals surface area contributed by atoms with Gasteiger partial charge in [0.2, 0.25) is 0 Å². The molecule has 0 fully saturated rings. The molecule has 0 heterocycles. The number of nitrogens with one attached hydrogen (secondary N) is 2. The Morgan fingerprint density at radius 2 is 1.91 bits per heavy atom. The first-order chi connectivity index (χ1) is 10.2. The average molecular weight is 436 g/mol. The Morgan fingerprint density at radius 1 is 1.18 bits per heavy atom. The van der Waals surface area contributed by atoms with Crippen molar-refractivity contribution in [2.24, 2.45) is 4.99 Å². The largest absolute Gasteiger partial charge is 0.357 e. The summed E-state index contributed by atoms with van der Waals surface area (Å²) in [7, 11) is 4.18. The second-order valence-corrected chi connectivity index (χ2v) is 6.17. The average Bonchev–Trinajstić information content (AvgIpc) is 2.48. The van der Waals surface area contributed by atoms with Crippen molar-refractivity contribution in [2.45, 2.75) is 18.2 Å². The van der Waals surface area contributed by atoms with Gasteiger partial charge in [-0.15, -0.1) is 35.7 Å². The van der Waals surface area contributed by atoms with E-state index < -0.39 is 0 Å². The van der Waals surface area contributed by atoms with Crippen molar-refractivity contribution in [2.75, 3.05) is 46.0 Å². The minimum absolute atomic E-state index is 0. The van der Waals surface area contributed by atoms with Crippen molar-refractivity contribution in [3.63, 3.8) is 0 Å². The van der Waals surface area contributed by atoms with Crippen LogP contribution in [0.15, 0.2) is 40.2 Å². The SMILES string of the molecule is CCNC(=NCCCN(C)C)NCCSc1ccccc1.I. The van der Waals surface area contributed by atoms with Gasteiger partial charge < -0.3 is 15.5 Å². The molecule has 4 nitrogen and oxygen atoms in total. The maximum Gasteiger partial charge on any atom is 0.191 e. The Balaban J connectivity index is 0.00000441. The fraction of sp³-hybridized carbons (Fsp3) is 0.562. The lowest BCUT2D eigenvalue weighted by Gasteiger charge is -2.12. The summed E-state index contributed by atoms with van der Waals surface area (Å²) in [6, 6.07) is 10.5. The molecular weight excluding hydrogens is 407 g/mol. The zero-order valence-electron chi connectivity index (χ0n) is 13.8. The molecule has 0 aliphatic carbocycles. The van der Waals surface area contributed by atoms with Gasteiger partial charge in [0.15, 0.2) is 5.96 Å². The fourth-order valence-corrected chi connectivity index (χ4v) is 2.56. The van der Waals surface area contributed by atoms with Crippen molar-refractivity contribution in [3.8, 4) is 0 Å². The Kier molecular flexibility index (Phi) is 13.8. The zero-order chi connectivity index (χ0) is 15.3. The summed E-state index contributed by atoms with van der Waals surface area (Å²) in [6.45, 7) is 5.84. The lowest BCUT2D eigenvalue weighted by molar-refractivity contribution is 0.403. The molecule has 22 heavy (non-hydrogen) atoms. The van der Waals surface area contributed by atoms with E-state index in [9.17, 15) is 0 Å². The molecule has 0 aliphatic rings. The normalized spacial score (nSPS) is 11.2. The van der Waals surface area contributed by atoms with E-state index in [0.29, 0.717) is 0 Å². The highest BCUT2D eigenvalue weighted by Crippen LogP contribution is 2.15. The van der Waals surface area contributed by atoms with Crippen molar-refractivity contribution in [1.82, 2.24) is 15.5 Å². The molecule has 2 N–H and O–H groups in total. The highest BCUT2D eigenvalue weighted by Gasteiger charge is 1.97. The Hall–Kier alpha value is -0.470. The molecule has 0 spiro atoms. The molecule has 0 atom stereocenters. The molecule has 0 aromatic heterocycles. The van der Waals surface area contributed by atoms with E-state index in [4.69, 9.17) is 0 Å². The highest BCUT2D eigenvalue weighted by molar-refractivity contribution is 14.0. The molecule has 0 amide bonds. The summed E-state index contributed by atoms with van der Waals surface area (Å²) in [5.41, 5.74) is 0. The predicted octanol–water partition coefficient (Wildman–Crippen LogP) is 2.90. The predicted molar refractivity (Wildman–Crippen MR) is 110 cm³/mol. The third kappa shape index (κ3) is 11.1. The van der Waals surface area contributed by atoms with Crippen molar-refractivity contribution in [1.29, 1.82) is 0 Å². The molecule has 1 aromatic rings. The van der Waals surface area contributed by atoms with Gasteiger partial charge in [-0.05, 0) is 46.1 Å². The van der Waals surface area contributed by atoms with E-state index in [-0.39, 0.29) is 24.0 Å². The van der Waals surface area contributed by atoms with Crippen LogP contribution in [0, 0.1) is 0 Å². The number of nitrogens with zero attached hydrogens (tertiary/aromatic N) is 2. The topological polar surface area (TPSA) is 39.7 Å². The summed E-state index contributed by atoms with van der Waals surface area (Å²) in [5.74, 6) is 1.96. The van der Waals surface area contributed by atoms with Crippen LogP contribution in [0.1, 0.15) is 13.3 Å². The van der Waals surface area contributed by atoms with Crippen LogP contribution in [0.25, 0.3) is 0 Å². The number of rotatable bonds is 9. The molecule has 126 valence electrons. The summed E-state index contributed by atoms with van der Waals surface area (Å²) in [5, 5.41) is 6.67. The monoisotopic (exact) mass is 436 g/mol. The Labute approximate surface area is 156 Å². The molecule has 1 aromatic carbocycles. The number of guanidine groups is 1. The molecule has 1 rings (SSSR count). The van der Waals surface area contributed by atoms with Gasteiger partial charge in [-0.3, -0.25) is 4.99 Å². The van der Waals surface area contributed by atoms with Crippen LogP contribution in [0.3, 0.4) is 0 Å². The van der Waals surface area contributed by atoms with Crippen molar-refractivity contribution < 1.29 is 0 Å². The number of thioether (sulfide) groups is 1.